The van der Waals surface area contributed by atoms with Crippen molar-refractivity contribution in [3.05, 3.63) is 68.7 Å². The first-order valence-corrected chi connectivity index (χ1v) is 7.20. The lowest BCUT2D eigenvalue weighted by molar-refractivity contribution is 0.0784. The van der Waals surface area contributed by atoms with E-state index in [1.165, 1.54) is 42.3 Å². The van der Waals surface area contributed by atoms with Gasteiger partial charge in [0.1, 0.15) is 11.6 Å². The van der Waals surface area contributed by atoms with Gasteiger partial charge in [0.25, 0.3) is 5.91 Å². The second kappa shape index (κ2) is 6.54. The number of halogens is 4. The topological polar surface area (TPSA) is 20.3 Å². The summed E-state index contributed by atoms with van der Waals surface area (Å²) in [5.41, 5.74) is 0.550. The molecule has 1 amide bonds. The van der Waals surface area contributed by atoms with Crippen molar-refractivity contribution in [3.63, 3.8) is 0 Å². The average Bonchev–Trinajstić information content (AvgIpc) is 2.45. The van der Waals surface area contributed by atoms with E-state index in [2.05, 4.69) is 15.9 Å². The predicted molar refractivity (Wildman–Crippen MR) is 81.3 cm³/mol. The summed E-state index contributed by atoms with van der Waals surface area (Å²) in [5.74, 6) is -1.27. The number of benzene rings is 2. The van der Waals surface area contributed by atoms with Crippen LogP contribution in [0.25, 0.3) is 0 Å². The van der Waals surface area contributed by atoms with Crippen molar-refractivity contribution in [2.45, 2.75) is 6.54 Å². The molecule has 0 saturated carbocycles. The van der Waals surface area contributed by atoms with Gasteiger partial charge in [-0.2, -0.15) is 0 Å². The highest BCUT2D eigenvalue weighted by atomic mass is 79.9. The van der Waals surface area contributed by atoms with E-state index in [1.54, 1.807) is 6.07 Å². The van der Waals surface area contributed by atoms with Crippen LogP contribution in [-0.4, -0.2) is 17.9 Å². The molecule has 0 atom stereocenters. The lowest BCUT2D eigenvalue weighted by Crippen LogP contribution is -2.26. The molecule has 2 aromatic carbocycles. The fraction of sp³-hybridized carbons (Fsp3) is 0.133. The largest absolute Gasteiger partial charge is 0.337 e. The van der Waals surface area contributed by atoms with Gasteiger partial charge in [-0.25, -0.2) is 8.78 Å². The molecule has 2 rings (SSSR count). The third-order valence-electron chi connectivity index (χ3n) is 2.97. The van der Waals surface area contributed by atoms with Gasteiger partial charge >= 0.3 is 0 Å². The minimum atomic E-state index is -0.470. The minimum absolute atomic E-state index is 0.0271. The summed E-state index contributed by atoms with van der Waals surface area (Å²) in [6.07, 6.45) is 0. The Hall–Kier alpha value is -1.46. The van der Waals surface area contributed by atoms with Crippen molar-refractivity contribution in [3.8, 4) is 0 Å². The number of nitrogens with zero attached hydrogens (tertiary/aromatic N) is 1. The van der Waals surface area contributed by atoms with E-state index >= 15 is 0 Å². The first kappa shape index (κ1) is 15.9. The Morgan fingerprint density at radius 1 is 1.24 bits per heavy atom. The number of amides is 1. The maximum absolute atomic E-state index is 13.7. The van der Waals surface area contributed by atoms with Crippen LogP contribution in [0.5, 0.6) is 0 Å². The first-order chi connectivity index (χ1) is 9.90. The molecule has 0 aliphatic heterocycles. The van der Waals surface area contributed by atoms with Gasteiger partial charge in [0.05, 0.1) is 4.47 Å². The van der Waals surface area contributed by atoms with Crippen LogP contribution in [0, 0.1) is 11.6 Å². The van der Waals surface area contributed by atoms with Gasteiger partial charge in [0, 0.05) is 29.7 Å². The van der Waals surface area contributed by atoms with Crippen LogP contribution in [0.4, 0.5) is 8.78 Å². The fourth-order valence-electron chi connectivity index (χ4n) is 1.84. The Kier molecular flexibility index (Phi) is 4.96. The third kappa shape index (κ3) is 3.60. The lowest BCUT2D eigenvalue weighted by atomic mass is 10.1. The molecule has 0 saturated heterocycles. The molecule has 0 heterocycles. The van der Waals surface area contributed by atoms with Gasteiger partial charge in [-0.1, -0.05) is 17.7 Å². The van der Waals surface area contributed by atoms with E-state index in [0.29, 0.717) is 5.56 Å². The highest BCUT2D eigenvalue weighted by molar-refractivity contribution is 9.10. The molecule has 0 aromatic heterocycles. The molecule has 0 aliphatic rings. The molecule has 0 aliphatic carbocycles. The summed E-state index contributed by atoms with van der Waals surface area (Å²) in [4.78, 5) is 13.6. The lowest BCUT2D eigenvalue weighted by Gasteiger charge is -2.18. The summed E-state index contributed by atoms with van der Waals surface area (Å²) in [5, 5.41) is 0.259. The van der Waals surface area contributed by atoms with Crippen molar-refractivity contribution in [1.82, 2.24) is 4.90 Å². The van der Waals surface area contributed by atoms with Gasteiger partial charge in [0.15, 0.2) is 0 Å². The van der Waals surface area contributed by atoms with Gasteiger partial charge in [-0.15, -0.1) is 0 Å². The molecule has 21 heavy (non-hydrogen) atoms. The zero-order valence-electron chi connectivity index (χ0n) is 11.0. The Bertz CT molecular complexity index is 673. The summed E-state index contributed by atoms with van der Waals surface area (Å²) in [7, 11) is 1.53. The quantitative estimate of drug-likeness (QED) is 0.765. The molecule has 0 radical (unpaired) electrons. The summed E-state index contributed by atoms with van der Waals surface area (Å²) >= 11 is 8.96. The van der Waals surface area contributed by atoms with Crippen LogP contribution in [0.2, 0.25) is 5.02 Å². The van der Waals surface area contributed by atoms with Crippen LogP contribution in [0.3, 0.4) is 0 Å². The molecule has 0 spiro atoms. The molecule has 2 aromatic rings. The van der Waals surface area contributed by atoms with Crippen molar-refractivity contribution in [2.75, 3.05) is 7.05 Å². The maximum Gasteiger partial charge on any atom is 0.253 e. The molecule has 0 unspecified atom stereocenters. The number of hydrogen-bond donors (Lipinski definition) is 0. The summed E-state index contributed by atoms with van der Waals surface area (Å²) in [6, 6.07) is 8.31. The van der Waals surface area contributed by atoms with Crippen LogP contribution in [0.1, 0.15) is 15.9 Å². The van der Waals surface area contributed by atoms with Gasteiger partial charge in [0.2, 0.25) is 0 Å². The normalized spacial score (nSPS) is 10.5. The van der Waals surface area contributed by atoms with Gasteiger partial charge < -0.3 is 4.90 Å². The standard InChI is InChI=1S/C15H11BrClF2NO/c1-20(8-10-12(17)3-2-4-13(10)18)15(21)9-5-6-14(19)11(16)7-9/h2-7H,8H2,1H3. The van der Waals surface area contributed by atoms with Crippen LogP contribution >= 0.6 is 27.5 Å². The van der Waals surface area contributed by atoms with E-state index < -0.39 is 11.6 Å². The van der Waals surface area contributed by atoms with Crippen LogP contribution in [0.15, 0.2) is 40.9 Å². The monoisotopic (exact) mass is 373 g/mol. The smallest absolute Gasteiger partial charge is 0.253 e. The SMILES string of the molecule is CN(Cc1c(F)cccc1Cl)C(=O)c1ccc(F)c(Br)c1. The minimum Gasteiger partial charge on any atom is -0.337 e. The van der Waals surface area contributed by atoms with E-state index in [1.807, 2.05) is 0 Å². The predicted octanol–water partition coefficient (Wildman–Crippen LogP) is 4.65. The number of rotatable bonds is 3. The van der Waals surface area contributed by atoms with Crippen LogP contribution in [-0.2, 0) is 6.54 Å². The second-order valence-electron chi connectivity index (χ2n) is 4.49. The number of carbonyl (C=O) groups excluding carboxylic acids is 1. The average molecular weight is 375 g/mol. The zero-order valence-corrected chi connectivity index (χ0v) is 13.4. The Morgan fingerprint density at radius 3 is 2.57 bits per heavy atom. The second-order valence-corrected chi connectivity index (χ2v) is 5.75. The van der Waals surface area contributed by atoms with Crippen molar-refractivity contribution >= 4 is 33.4 Å². The Balaban J connectivity index is 2.21. The molecular formula is C15H11BrClF2NO. The van der Waals surface area contributed by atoms with Crippen molar-refractivity contribution in [2.24, 2.45) is 0 Å². The Morgan fingerprint density at radius 2 is 1.95 bits per heavy atom. The highest BCUT2D eigenvalue weighted by Gasteiger charge is 2.16. The molecule has 0 bridgehead atoms. The maximum atomic E-state index is 13.7. The van der Waals surface area contributed by atoms with E-state index in [0.717, 1.165) is 0 Å². The Labute approximate surface area is 134 Å². The van der Waals surface area contributed by atoms with E-state index in [-0.39, 0.29) is 27.5 Å². The molecule has 110 valence electrons. The summed E-state index contributed by atoms with van der Waals surface area (Å²) in [6.45, 7) is 0.0271. The van der Waals surface area contributed by atoms with Crippen molar-refractivity contribution < 1.29 is 13.6 Å². The molecule has 2 nitrogen and oxygen atoms in total. The highest BCUT2D eigenvalue weighted by Crippen LogP contribution is 2.22. The fourth-order valence-corrected chi connectivity index (χ4v) is 2.44. The number of carbonyl (C=O) groups is 1. The van der Waals surface area contributed by atoms with E-state index in [4.69, 9.17) is 11.6 Å². The van der Waals surface area contributed by atoms with Gasteiger partial charge in [-0.3, -0.25) is 4.79 Å². The summed E-state index contributed by atoms with van der Waals surface area (Å²) < 4.78 is 27.1. The van der Waals surface area contributed by atoms with Crippen LogP contribution < -0.4 is 0 Å². The van der Waals surface area contributed by atoms with Crippen molar-refractivity contribution in [1.29, 1.82) is 0 Å². The third-order valence-corrected chi connectivity index (χ3v) is 3.93. The molecule has 0 fully saturated rings. The zero-order chi connectivity index (χ0) is 15.6. The van der Waals surface area contributed by atoms with E-state index in [9.17, 15) is 13.6 Å². The first-order valence-electron chi connectivity index (χ1n) is 6.03. The molecule has 0 N–H and O–H groups in total. The van der Waals surface area contributed by atoms with Gasteiger partial charge in [-0.05, 0) is 46.3 Å². The molecule has 6 heteroatoms. The molecular weight excluding hydrogens is 364 g/mol. The number of hydrogen-bond acceptors (Lipinski definition) is 1.